The van der Waals surface area contributed by atoms with Crippen LogP contribution in [0.1, 0.15) is 168 Å². The highest BCUT2D eigenvalue weighted by Crippen LogP contribution is 2.12. The van der Waals surface area contributed by atoms with E-state index in [0.29, 0.717) is 19.3 Å². The van der Waals surface area contributed by atoms with Crippen LogP contribution in [0, 0.1) is 0 Å². The van der Waals surface area contributed by atoms with Gasteiger partial charge >= 0.3 is 17.9 Å². The van der Waals surface area contributed by atoms with E-state index in [1.54, 1.807) is 0 Å². The quantitative estimate of drug-likeness (QED) is 0.0202. The van der Waals surface area contributed by atoms with Gasteiger partial charge in [0.05, 0.1) is 0 Å². The second kappa shape index (κ2) is 47.2. The molecular weight excluding hydrogens is 745 g/mol. The van der Waals surface area contributed by atoms with Crippen molar-refractivity contribution in [2.24, 2.45) is 0 Å². The zero-order chi connectivity index (χ0) is 43.7. The molecule has 0 aromatic heterocycles. The highest BCUT2D eigenvalue weighted by Gasteiger charge is 2.19. The van der Waals surface area contributed by atoms with E-state index in [1.165, 1.54) is 38.5 Å². The molecule has 0 fully saturated rings. The molecule has 1 unspecified atom stereocenters. The highest BCUT2D eigenvalue weighted by atomic mass is 16.6. The number of hydrogen-bond donors (Lipinski definition) is 0. The molecule has 1 atom stereocenters. The fourth-order valence-electron chi connectivity index (χ4n) is 5.64. The largest absolute Gasteiger partial charge is 0.462 e. The maximum Gasteiger partial charge on any atom is 0.306 e. The number of hydrogen-bond acceptors (Lipinski definition) is 6. The third-order valence-corrected chi connectivity index (χ3v) is 9.08. The lowest BCUT2D eigenvalue weighted by Gasteiger charge is -2.18. The lowest BCUT2D eigenvalue weighted by molar-refractivity contribution is -0.166. The first-order valence-corrected chi connectivity index (χ1v) is 23.3. The second-order valence-electron chi connectivity index (χ2n) is 14.7. The Morgan fingerprint density at radius 1 is 0.367 bits per heavy atom. The van der Waals surface area contributed by atoms with Crippen LogP contribution in [0.5, 0.6) is 0 Å². The molecule has 0 aliphatic heterocycles. The summed E-state index contributed by atoms with van der Waals surface area (Å²) in [5.41, 5.74) is 0. The van der Waals surface area contributed by atoms with Gasteiger partial charge in [-0.2, -0.15) is 0 Å². The van der Waals surface area contributed by atoms with Gasteiger partial charge in [0.2, 0.25) is 0 Å². The molecule has 0 aliphatic carbocycles. The van der Waals surface area contributed by atoms with Crippen LogP contribution in [0.15, 0.2) is 134 Å². The average molecular weight is 827 g/mol. The Morgan fingerprint density at radius 3 is 1.25 bits per heavy atom. The molecule has 0 aromatic carbocycles. The van der Waals surface area contributed by atoms with Gasteiger partial charge in [0.25, 0.3) is 0 Å². The number of carbonyl (C=O) groups excluding carboxylic acids is 3. The number of esters is 3. The third kappa shape index (κ3) is 44.6. The normalized spacial score (nSPS) is 13.3. The summed E-state index contributed by atoms with van der Waals surface area (Å²) >= 11 is 0. The number of unbranched alkanes of at least 4 members (excludes halogenated alkanes) is 11. The monoisotopic (exact) mass is 827 g/mol. The molecule has 0 aliphatic rings. The van der Waals surface area contributed by atoms with Gasteiger partial charge in [-0.15, -0.1) is 0 Å². The van der Waals surface area contributed by atoms with Crippen molar-refractivity contribution in [3.63, 3.8) is 0 Å². The predicted molar refractivity (Wildman–Crippen MR) is 256 cm³/mol. The lowest BCUT2D eigenvalue weighted by atomic mass is 10.1. The van der Waals surface area contributed by atoms with Crippen LogP contribution in [0.25, 0.3) is 0 Å². The minimum Gasteiger partial charge on any atom is -0.462 e. The summed E-state index contributed by atoms with van der Waals surface area (Å²) < 4.78 is 16.6. The van der Waals surface area contributed by atoms with Gasteiger partial charge in [-0.1, -0.05) is 212 Å². The van der Waals surface area contributed by atoms with E-state index >= 15 is 0 Å². The van der Waals surface area contributed by atoms with Crippen LogP contribution >= 0.6 is 0 Å². The van der Waals surface area contributed by atoms with Crippen molar-refractivity contribution in [1.29, 1.82) is 0 Å². The number of rotatable bonds is 39. The van der Waals surface area contributed by atoms with Crippen LogP contribution in [0.4, 0.5) is 0 Å². The van der Waals surface area contributed by atoms with Crippen LogP contribution in [0.3, 0.4) is 0 Å². The molecule has 0 heterocycles. The molecule has 334 valence electrons. The fourth-order valence-corrected chi connectivity index (χ4v) is 5.64. The zero-order valence-electron chi connectivity index (χ0n) is 37.9. The van der Waals surface area contributed by atoms with E-state index in [1.807, 2.05) is 72.9 Å². The Kier molecular flexibility index (Phi) is 43.7. The van der Waals surface area contributed by atoms with Gasteiger partial charge in [-0.05, 0) is 70.6 Å². The molecular formula is C54H82O6. The summed E-state index contributed by atoms with van der Waals surface area (Å²) in [5, 5.41) is 0. The minimum atomic E-state index is -0.837. The molecule has 0 spiro atoms. The van der Waals surface area contributed by atoms with Gasteiger partial charge in [-0.25, -0.2) is 0 Å². The van der Waals surface area contributed by atoms with E-state index in [2.05, 4.69) is 81.5 Å². The molecule has 0 N–H and O–H groups in total. The first-order valence-electron chi connectivity index (χ1n) is 23.3. The topological polar surface area (TPSA) is 78.9 Å². The minimum absolute atomic E-state index is 0.126. The second-order valence-corrected chi connectivity index (χ2v) is 14.7. The molecule has 0 saturated carbocycles. The van der Waals surface area contributed by atoms with E-state index in [0.717, 1.165) is 77.0 Å². The molecule has 6 heteroatoms. The van der Waals surface area contributed by atoms with Crippen LogP contribution in [-0.4, -0.2) is 37.2 Å². The van der Waals surface area contributed by atoms with Crippen LogP contribution in [-0.2, 0) is 28.6 Å². The van der Waals surface area contributed by atoms with Crippen molar-refractivity contribution in [1.82, 2.24) is 0 Å². The summed E-state index contributed by atoms with van der Waals surface area (Å²) in [6, 6.07) is 0. The van der Waals surface area contributed by atoms with E-state index < -0.39 is 12.1 Å². The number of carbonyl (C=O) groups is 3. The maximum absolute atomic E-state index is 12.7. The van der Waals surface area contributed by atoms with Gasteiger partial charge in [0, 0.05) is 19.3 Å². The summed E-state index contributed by atoms with van der Waals surface area (Å²) in [5.74, 6) is -1.07. The van der Waals surface area contributed by atoms with Gasteiger partial charge in [-0.3, -0.25) is 14.4 Å². The highest BCUT2D eigenvalue weighted by molar-refractivity contribution is 5.71. The van der Waals surface area contributed by atoms with E-state index in [4.69, 9.17) is 14.2 Å². The molecule has 0 aromatic rings. The SMILES string of the molecule is CC\C=C/C=C\C=C/C=C\C=C\C=C/CCCCCC(=O)OCC(COC(=O)CCCCCCCCCCC)OC(=O)CC/C=C\C/C=C\C/C=C\C/C=C\C/C=C\CC. The molecule has 6 nitrogen and oxygen atoms in total. The van der Waals surface area contributed by atoms with Crippen molar-refractivity contribution in [3.05, 3.63) is 134 Å². The summed E-state index contributed by atoms with van der Waals surface area (Å²) in [6.45, 7) is 6.22. The maximum atomic E-state index is 12.7. The standard InChI is InChI=1S/C54H82O6/c1-4-7-10-13-16-19-21-23-25-27-29-30-32-35-38-41-44-47-53(56)59-50-51(49-58-52(55)46-43-40-37-34-18-15-12-9-6-3)60-54(57)48-45-42-39-36-33-31-28-26-24-22-20-17-14-11-8-5-2/h7-8,10-11,13,16-17,19-21,23-27,29-33,39,42,51H,4-6,9,12,14-15,18,22,28,34-38,40-41,43-50H2,1-3H3/b10-7-,11-8-,16-13-,20-17-,21-19-,25-23-,26-24-,29-27+,32-30-,33-31-,42-39-. The first kappa shape index (κ1) is 55.5. The van der Waals surface area contributed by atoms with Crippen molar-refractivity contribution in [2.45, 2.75) is 175 Å². The summed E-state index contributed by atoms with van der Waals surface area (Å²) in [6.07, 6.45) is 65.9. The zero-order valence-corrected chi connectivity index (χ0v) is 37.9. The molecule has 0 saturated heterocycles. The molecule has 60 heavy (non-hydrogen) atoms. The summed E-state index contributed by atoms with van der Waals surface area (Å²) in [7, 11) is 0. The van der Waals surface area contributed by atoms with Crippen molar-refractivity contribution in [2.75, 3.05) is 13.2 Å². The Bertz CT molecular complexity index is 1370. The Hall–Kier alpha value is -4.45. The molecule has 0 radical (unpaired) electrons. The van der Waals surface area contributed by atoms with Crippen molar-refractivity contribution >= 4 is 17.9 Å². The fraction of sp³-hybridized carbons (Fsp3) is 0.537. The lowest BCUT2D eigenvalue weighted by Crippen LogP contribution is -2.30. The van der Waals surface area contributed by atoms with Gasteiger partial charge in [0.1, 0.15) is 13.2 Å². The van der Waals surface area contributed by atoms with Crippen molar-refractivity contribution in [3.8, 4) is 0 Å². The third-order valence-electron chi connectivity index (χ3n) is 9.08. The molecule has 0 amide bonds. The Labute approximate surface area is 366 Å². The summed E-state index contributed by atoms with van der Waals surface area (Å²) in [4.78, 5) is 37.7. The number of ether oxygens (including phenoxy) is 3. The van der Waals surface area contributed by atoms with E-state index in [-0.39, 0.29) is 38.0 Å². The molecule has 0 rings (SSSR count). The van der Waals surface area contributed by atoms with Crippen LogP contribution in [0.2, 0.25) is 0 Å². The van der Waals surface area contributed by atoms with Crippen LogP contribution < -0.4 is 0 Å². The first-order chi connectivity index (χ1) is 29.5. The predicted octanol–water partition coefficient (Wildman–Crippen LogP) is 15.1. The smallest absolute Gasteiger partial charge is 0.306 e. The number of allylic oxidation sites excluding steroid dienone is 22. The average Bonchev–Trinajstić information content (AvgIpc) is 3.24. The van der Waals surface area contributed by atoms with Crippen molar-refractivity contribution < 1.29 is 28.6 Å². The Balaban J connectivity index is 4.60. The Morgan fingerprint density at radius 2 is 0.767 bits per heavy atom. The van der Waals surface area contributed by atoms with E-state index in [9.17, 15) is 14.4 Å². The molecule has 0 bridgehead atoms. The van der Waals surface area contributed by atoms with Gasteiger partial charge in [0.15, 0.2) is 6.10 Å². The van der Waals surface area contributed by atoms with Gasteiger partial charge < -0.3 is 14.2 Å².